The minimum atomic E-state index is -1.74. The standard InChI is InChI=1S/C16H21N3O11/c1-6(20)26-12-11(10(18-19-17)15(24)25-5)30-16(29-9(4)23)14(28-8(3)22)13(12)27-7(2)21/h10-14,16H,1-5H3/t10-,11+,12+,13-,14+,16?/m0/s1. The summed E-state index contributed by atoms with van der Waals surface area (Å²) in [6.45, 7) is 4.08. The third-order valence-electron chi connectivity index (χ3n) is 3.65. The molecule has 0 spiro atoms. The summed E-state index contributed by atoms with van der Waals surface area (Å²) >= 11 is 0. The van der Waals surface area contributed by atoms with E-state index in [1.54, 1.807) is 0 Å². The van der Waals surface area contributed by atoms with Crippen molar-refractivity contribution in [3.63, 3.8) is 0 Å². The summed E-state index contributed by atoms with van der Waals surface area (Å²) in [5.41, 5.74) is 8.82. The summed E-state index contributed by atoms with van der Waals surface area (Å²) in [5.74, 6) is -4.58. The lowest BCUT2D eigenvalue weighted by Crippen LogP contribution is -2.65. The summed E-state index contributed by atoms with van der Waals surface area (Å²) in [7, 11) is 1.00. The van der Waals surface area contributed by atoms with E-state index in [1.807, 2.05) is 0 Å². The van der Waals surface area contributed by atoms with Crippen LogP contribution in [-0.2, 0) is 52.4 Å². The molecule has 1 unspecified atom stereocenters. The first-order valence-electron chi connectivity index (χ1n) is 8.48. The van der Waals surface area contributed by atoms with Crippen molar-refractivity contribution in [3.05, 3.63) is 10.4 Å². The highest BCUT2D eigenvalue weighted by Crippen LogP contribution is 2.32. The zero-order valence-corrected chi connectivity index (χ0v) is 16.8. The fourth-order valence-electron chi connectivity index (χ4n) is 2.74. The van der Waals surface area contributed by atoms with E-state index in [-0.39, 0.29) is 0 Å². The van der Waals surface area contributed by atoms with Crippen LogP contribution in [0.5, 0.6) is 0 Å². The van der Waals surface area contributed by atoms with Gasteiger partial charge in [0.25, 0.3) is 0 Å². The first-order valence-corrected chi connectivity index (χ1v) is 8.48. The van der Waals surface area contributed by atoms with E-state index in [1.165, 1.54) is 0 Å². The maximum absolute atomic E-state index is 12.1. The molecule has 0 saturated carbocycles. The van der Waals surface area contributed by atoms with Gasteiger partial charge in [0.2, 0.25) is 12.4 Å². The third kappa shape index (κ3) is 6.60. The van der Waals surface area contributed by atoms with Gasteiger partial charge in [-0.3, -0.25) is 24.0 Å². The van der Waals surface area contributed by atoms with E-state index in [4.69, 9.17) is 29.2 Å². The van der Waals surface area contributed by atoms with Crippen LogP contribution in [0.25, 0.3) is 10.4 Å². The zero-order valence-electron chi connectivity index (χ0n) is 16.8. The Morgan fingerprint density at radius 3 is 1.73 bits per heavy atom. The maximum atomic E-state index is 12.1. The Labute approximate surface area is 170 Å². The topological polar surface area (TPSA) is 189 Å². The second-order valence-corrected chi connectivity index (χ2v) is 5.97. The van der Waals surface area contributed by atoms with Gasteiger partial charge in [-0.2, -0.15) is 0 Å². The van der Waals surface area contributed by atoms with Crippen LogP contribution in [0.4, 0.5) is 0 Å². The highest BCUT2D eigenvalue weighted by Gasteiger charge is 2.56. The van der Waals surface area contributed by atoms with Crippen molar-refractivity contribution in [3.8, 4) is 0 Å². The second kappa shape index (κ2) is 11.0. The summed E-state index contributed by atoms with van der Waals surface area (Å²) in [5, 5.41) is 3.29. The molecule has 0 aliphatic carbocycles. The van der Waals surface area contributed by atoms with Gasteiger partial charge in [-0.05, 0) is 5.53 Å². The molecule has 0 aromatic heterocycles. The van der Waals surface area contributed by atoms with Gasteiger partial charge in [0.05, 0.1) is 7.11 Å². The van der Waals surface area contributed by atoms with Crippen LogP contribution in [0.3, 0.4) is 0 Å². The average Bonchev–Trinajstić information content (AvgIpc) is 2.62. The van der Waals surface area contributed by atoms with E-state index in [9.17, 15) is 24.0 Å². The van der Waals surface area contributed by atoms with Crippen LogP contribution in [0.2, 0.25) is 0 Å². The normalized spacial score (nSPS) is 26.2. The summed E-state index contributed by atoms with van der Waals surface area (Å²) in [4.78, 5) is 61.1. The molecule has 1 aliphatic rings. The number of carbonyl (C=O) groups is 5. The van der Waals surface area contributed by atoms with E-state index >= 15 is 0 Å². The second-order valence-electron chi connectivity index (χ2n) is 5.97. The van der Waals surface area contributed by atoms with Gasteiger partial charge >= 0.3 is 29.8 Å². The SMILES string of the molecule is COC(=O)[C@@H](N=[N+]=[N-])[C@H]1OC(OC(C)=O)[C@H](OC(C)=O)[C@@H](OC(C)=O)[C@@H]1OC(C)=O. The van der Waals surface area contributed by atoms with Crippen molar-refractivity contribution in [2.45, 2.75) is 64.4 Å². The smallest absolute Gasteiger partial charge is 0.317 e. The molecule has 0 amide bonds. The van der Waals surface area contributed by atoms with Gasteiger partial charge in [-0.15, -0.1) is 0 Å². The predicted molar refractivity (Wildman–Crippen MR) is 92.0 cm³/mol. The van der Waals surface area contributed by atoms with Gasteiger partial charge in [0, 0.05) is 32.6 Å². The lowest BCUT2D eigenvalue weighted by Gasteiger charge is -2.44. The minimum Gasteiger partial charge on any atom is -0.469 e. The molecule has 1 heterocycles. The Morgan fingerprint density at radius 1 is 0.833 bits per heavy atom. The quantitative estimate of drug-likeness (QED) is 0.172. The van der Waals surface area contributed by atoms with Gasteiger partial charge in [0.15, 0.2) is 18.2 Å². The first kappa shape index (κ1) is 24.7. The van der Waals surface area contributed by atoms with Crippen molar-refractivity contribution in [1.29, 1.82) is 0 Å². The Kier molecular flexibility index (Phi) is 9.02. The number of hydrogen-bond acceptors (Lipinski definition) is 12. The van der Waals surface area contributed by atoms with Gasteiger partial charge in [-0.25, -0.2) is 0 Å². The number of ether oxygens (including phenoxy) is 6. The molecule has 1 rings (SSSR count). The number of rotatable bonds is 7. The van der Waals surface area contributed by atoms with Crippen LogP contribution < -0.4 is 0 Å². The maximum Gasteiger partial charge on any atom is 0.317 e. The van der Waals surface area contributed by atoms with Crippen LogP contribution in [0.15, 0.2) is 5.11 Å². The summed E-state index contributed by atoms with van der Waals surface area (Å²) < 4.78 is 30.4. The third-order valence-corrected chi connectivity index (χ3v) is 3.65. The van der Waals surface area contributed by atoms with Crippen LogP contribution in [0, 0.1) is 0 Å². The van der Waals surface area contributed by atoms with Crippen molar-refractivity contribution in [2.24, 2.45) is 5.11 Å². The fraction of sp³-hybridized carbons (Fsp3) is 0.688. The van der Waals surface area contributed by atoms with E-state index in [0.29, 0.717) is 0 Å². The van der Waals surface area contributed by atoms with Crippen LogP contribution in [-0.4, -0.2) is 73.7 Å². The average molecular weight is 431 g/mol. The monoisotopic (exact) mass is 431 g/mol. The highest BCUT2D eigenvalue weighted by molar-refractivity contribution is 5.77. The number of nitrogens with zero attached hydrogens (tertiary/aromatic N) is 3. The molecule has 1 aliphatic heterocycles. The molecule has 166 valence electrons. The van der Waals surface area contributed by atoms with Crippen LogP contribution >= 0.6 is 0 Å². The number of esters is 5. The lowest BCUT2D eigenvalue weighted by atomic mass is 9.93. The molecular weight excluding hydrogens is 410 g/mol. The molecule has 0 bridgehead atoms. The molecule has 14 heteroatoms. The Balaban J connectivity index is 3.59. The molecule has 0 aromatic carbocycles. The van der Waals surface area contributed by atoms with E-state index in [2.05, 4.69) is 14.8 Å². The molecule has 0 N–H and O–H groups in total. The molecule has 1 saturated heterocycles. The molecule has 30 heavy (non-hydrogen) atoms. The highest BCUT2D eigenvalue weighted by atomic mass is 16.7. The minimum absolute atomic E-state index is 0.863. The summed E-state index contributed by atoms with van der Waals surface area (Å²) in [6.07, 6.45) is -8.08. The van der Waals surface area contributed by atoms with E-state index < -0.39 is 66.6 Å². The largest absolute Gasteiger partial charge is 0.469 e. The lowest BCUT2D eigenvalue weighted by molar-refractivity contribution is -0.298. The van der Waals surface area contributed by atoms with Crippen molar-refractivity contribution >= 4 is 29.8 Å². The molecule has 0 radical (unpaired) electrons. The first-order chi connectivity index (χ1) is 14.0. The molecule has 0 aromatic rings. The van der Waals surface area contributed by atoms with E-state index in [0.717, 1.165) is 34.8 Å². The van der Waals surface area contributed by atoms with Crippen LogP contribution in [0.1, 0.15) is 27.7 Å². The number of hydrogen-bond donors (Lipinski definition) is 0. The molecule has 1 fully saturated rings. The van der Waals surface area contributed by atoms with Gasteiger partial charge < -0.3 is 28.4 Å². The van der Waals surface area contributed by atoms with Gasteiger partial charge in [-0.1, -0.05) is 5.11 Å². The number of methoxy groups -OCH3 is 1. The van der Waals surface area contributed by atoms with Crippen molar-refractivity contribution < 1.29 is 52.4 Å². The molecular formula is C16H21N3O11. The molecule has 6 atom stereocenters. The Hall–Kier alpha value is -3.38. The number of azide groups is 1. The zero-order chi connectivity index (χ0) is 23.0. The Bertz CT molecular complexity index is 749. The summed E-state index contributed by atoms with van der Waals surface area (Å²) in [6, 6.07) is -1.74. The van der Waals surface area contributed by atoms with Crippen molar-refractivity contribution in [1.82, 2.24) is 0 Å². The number of carbonyl (C=O) groups excluding carboxylic acids is 5. The predicted octanol–water partition coefficient (Wildman–Crippen LogP) is -0.0786. The van der Waals surface area contributed by atoms with Crippen molar-refractivity contribution in [2.75, 3.05) is 7.11 Å². The fourth-order valence-corrected chi connectivity index (χ4v) is 2.74. The van der Waals surface area contributed by atoms with Gasteiger partial charge in [0.1, 0.15) is 6.10 Å². The molecule has 14 nitrogen and oxygen atoms in total. The Morgan fingerprint density at radius 2 is 1.30 bits per heavy atom.